The van der Waals surface area contributed by atoms with E-state index in [2.05, 4.69) is 39.7 Å². The first-order valence-electron chi connectivity index (χ1n) is 4.98. The topological polar surface area (TPSA) is 65.6 Å². The summed E-state index contributed by atoms with van der Waals surface area (Å²) in [5.41, 5.74) is -0.150. The van der Waals surface area contributed by atoms with Gasteiger partial charge >= 0.3 is 0 Å². The molecule has 0 bridgehead atoms. The quantitative estimate of drug-likeness (QED) is 0.586. The zero-order valence-electron chi connectivity index (χ0n) is 8.89. The molecule has 0 spiro atoms. The van der Waals surface area contributed by atoms with Crippen molar-refractivity contribution in [2.75, 3.05) is 13.1 Å². The molecule has 2 heterocycles. The van der Waals surface area contributed by atoms with Crippen LogP contribution in [0.2, 0.25) is 0 Å². The fourth-order valence-corrected chi connectivity index (χ4v) is 1.92. The van der Waals surface area contributed by atoms with Crippen molar-refractivity contribution in [3.05, 3.63) is 11.6 Å². The van der Waals surface area contributed by atoms with Gasteiger partial charge in [0.25, 0.3) is 0 Å². The van der Waals surface area contributed by atoms with Gasteiger partial charge in [0, 0.05) is 19.1 Å². The Hall–Kier alpha value is -0.940. The summed E-state index contributed by atoms with van der Waals surface area (Å²) in [5.74, 6) is 1.70. The maximum absolute atomic E-state index is 4.37. The molecular weight excluding hydrogens is 178 g/mol. The van der Waals surface area contributed by atoms with E-state index in [0.29, 0.717) is 6.04 Å². The second-order valence-corrected chi connectivity index (χ2v) is 4.25. The van der Waals surface area contributed by atoms with E-state index in [1.165, 1.54) is 0 Å². The Kier molecular flexibility index (Phi) is 2.28. The zero-order valence-corrected chi connectivity index (χ0v) is 8.89. The zero-order chi connectivity index (χ0) is 10.2. The van der Waals surface area contributed by atoms with Crippen molar-refractivity contribution in [3.8, 4) is 0 Å². The van der Waals surface area contributed by atoms with Crippen LogP contribution in [0.1, 0.15) is 25.5 Å². The summed E-state index contributed by atoms with van der Waals surface area (Å²) in [5, 5.41) is 14.0. The van der Waals surface area contributed by atoms with Crippen molar-refractivity contribution in [3.63, 3.8) is 0 Å². The number of H-pyrrole nitrogens is 1. The van der Waals surface area contributed by atoms with Crippen LogP contribution < -0.4 is 10.6 Å². The number of piperazine rings is 1. The molecule has 1 aromatic heterocycles. The molecule has 1 aliphatic heterocycles. The number of hydrogen-bond acceptors (Lipinski definition) is 4. The van der Waals surface area contributed by atoms with Crippen molar-refractivity contribution < 1.29 is 0 Å². The molecule has 1 aromatic rings. The molecule has 0 aromatic carbocycles. The van der Waals surface area contributed by atoms with Gasteiger partial charge in [-0.1, -0.05) is 0 Å². The molecule has 0 saturated carbocycles. The third-order valence-electron chi connectivity index (χ3n) is 2.58. The Morgan fingerprint density at radius 3 is 2.86 bits per heavy atom. The average Bonchev–Trinajstić information content (AvgIpc) is 2.52. The summed E-state index contributed by atoms with van der Waals surface area (Å²) < 4.78 is 0. The molecular formula is C9H17N5. The Morgan fingerprint density at radius 2 is 2.29 bits per heavy atom. The Labute approximate surface area is 83.7 Å². The molecule has 1 aliphatic rings. The van der Waals surface area contributed by atoms with Crippen LogP contribution >= 0.6 is 0 Å². The maximum Gasteiger partial charge on any atom is 0.171 e. The molecule has 0 amide bonds. The summed E-state index contributed by atoms with van der Waals surface area (Å²) in [6.07, 6.45) is 0. The lowest BCUT2D eigenvalue weighted by Gasteiger charge is -2.36. The van der Waals surface area contributed by atoms with Crippen LogP contribution in [-0.4, -0.2) is 34.3 Å². The number of aromatic amines is 1. The number of nitrogens with one attached hydrogen (secondary N) is 3. The molecule has 78 valence electrons. The molecule has 0 aliphatic carbocycles. The molecule has 5 nitrogen and oxygen atoms in total. The van der Waals surface area contributed by atoms with Crippen LogP contribution in [0.3, 0.4) is 0 Å². The molecule has 1 saturated heterocycles. The predicted molar refractivity (Wildman–Crippen MR) is 53.9 cm³/mol. The van der Waals surface area contributed by atoms with Crippen LogP contribution in [0, 0.1) is 6.92 Å². The van der Waals surface area contributed by atoms with Gasteiger partial charge < -0.3 is 10.6 Å². The number of nitrogens with zero attached hydrogens (tertiary/aromatic N) is 2. The predicted octanol–water partition coefficient (Wildman–Crippen LogP) is -0.0904. The Morgan fingerprint density at radius 1 is 1.50 bits per heavy atom. The highest BCUT2D eigenvalue weighted by atomic mass is 15.3. The lowest BCUT2D eigenvalue weighted by molar-refractivity contribution is 0.243. The summed E-state index contributed by atoms with van der Waals surface area (Å²) in [6, 6.07) is 0.451. The minimum atomic E-state index is -0.150. The first kappa shape index (κ1) is 9.61. The van der Waals surface area contributed by atoms with Crippen molar-refractivity contribution in [1.82, 2.24) is 25.8 Å². The fraction of sp³-hybridized carbons (Fsp3) is 0.778. The van der Waals surface area contributed by atoms with E-state index in [9.17, 15) is 0 Å². The summed E-state index contributed by atoms with van der Waals surface area (Å²) in [4.78, 5) is 4.37. The van der Waals surface area contributed by atoms with E-state index in [1.807, 2.05) is 6.92 Å². The van der Waals surface area contributed by atoms with Crippen LogP contribution in [0.15, 0.2) is 0 Å². The second-order valence-electron chi connectivity index (χ2n) is 4.25. The van der Waals surface area contributed by atoms with E-state index < -0.39 is 0 Å². The van der Waals surface area contributed by atoms with Crippen molar-refractivity contribution in [1.29, 1.82) is 0 Å². The number of hydrogen-bond donors (Lipinski definition) is 3. The first-order chi connectivity index (χ1) is 6.60. The lowest BCUT2D eigenvalue weighted by Crippen LogP contribution is -2.59. The molecule has 0 radical (unpaired) electrons. The molecule has 3 N–H and O–H groups in total. The summed E-state index contributed by atoms with van der Waals surface area (Å²) >= 11 is 0. The summed E-state index contributed by atoms with van der Waals surface area (Å²) in [7, 11) is 0. The van der Waals surface area contributed by atoms with Gasteiger partial charge in [-0.05, 0) is 20.8 Å². The van der Waals surface area contributed by atoms with Gasteiger partial charge in [0.1, 0.15) is 5.82 Å². The van der Waals surface area contributed by atoms with Gasteiger partial charge in [-0.3, -0.25) is 5.10 Å². The Balaban J connectivity index is 2.22. The van der Waals surface area contributed by atoms with Crippen LogP contribution in [0.5, 0.6) is 0 Å². The minimum Gasteiger partial charge on any atom is -0.313 e. The van der Waals surface area contributed by atoms with E-state index in [4.69, 9.17) is 0 Å². The smallest absolute Gasteiger partial charge is 0.171 e. The van der Waals surface area contributed by atoms with Crippen LogP contribution in [-0.2, 0) is 5.54 Å². The fourth-order valence-electron chi connectivity index (χ4n) is 1.92. The second kappa shape index (κ2) is 3.33. The summed E-state index contributed by atoms with van der Waals surface area (Å²) in [6.45, 7) is 8.06. The lowest BCUT2D eigenvalue weighted by atomic mass is 9.97. The Bertz CT molecular complexity index is 321. The van der Waals surface area contributed by atoms with Crippen molar-refractivity contribution in [2.45, 2.75) is 32.4 Å². The van der Waals surface area contributed by atoms with E-state index >= 15 is 0 Å². The SMILES string of the molecule is Cc1nc(C2(C)CNCC(C)N2)n[nH]1. The standard InChI is InChI=1S/C9H17N5/c1-6-4-10-5-9(3,12-6)8-11-7(2)13-14-8/h6,10,12H,4-5H2,1-3H3,(H,11,13,14). The molecule has 5 heteroatoms. The van der Waals surface area contributed by atoms with Gasteiger partial charge in [0.05, 0.1) is 5.54 Å². The normalized spacial score (nSPS) is 33.2. The number of aryl methyl sites for hydroxylation is 1. The third kappa shape index (κ3) is 1.65. The highest BCUT2D eigenvalue weighted by molar-refractivity contribution is 5.08. The maximum atomic E-state index is 4.37. The third-order valence-corrected chi connectivity index (χ3v) is 2.58. The van der Waals surface area contributed by atoms with Crippen LogP contribution in [0.25, 0.3) is 0 Å². The van der Waals surface area contributed by atoms with Crippen molar-refractivity contribution >= 4 is 0 Å². The van der Waals surface area contributed by atoms with E-state index in [-0.39, 0.29) is 5.54 Å². The molecule has 2 unspecified atom stereocenters. The highest BCUT2D eigenvalue weighted by Crippen LogP contribution is 2.18. The van der Waals surface area contributed by atoms with Gasteiger partial charge in [-0.2, -0.15) is 5.10 Å². The minimum absolute atomic E-state index is 0.150. The van der Waals surface area contributed by atoms with E-state index in [1.54, 1.807) is 0 Å². The number of rotatable bonds is 1. The molecule has 2 rings (SSSR count). The number of aromatic nitrogens is 3. The van der Waals surface area contributed by atoms with E-state index in [0.717, 1.165) is 24.7 Å². The first-order valence-corrected chi connectivity index (χ1v) is 4.98. The van der Waals surface area contributed by atoms with Gasteiger partial charge in [0.2, 0.25) is 0 Å². The van der Waals surface area contributed by atoms with Crippen molar-refractivity contribution in [2.24, 2.45) is 0 Å². The molecule has 14 heavy (non-hydrogen) atoms. The monoisotopic (exact) mass is 195 g/mol. The van der Waals surface area contributed by atoms with Gasteiger partial charge in [-0.25, -0.2) is 4.98 Å². The molecule has 1 fully saturated rings. The van der Waals surface area contributed by atoms with Crippen LogP contribution in [0.4, 0.5) is 0 Å². The largest absolute Gasteiger partial charge is 0.313 e. The van der Waals surface area contributed by atoms with Gasteiger partial charge in [0.15, 0.2) is 5.82 Å². The highest BCUT2D eigenvalue weighted by Gasteiger charge is 2.34. The average molecular weight is 195 g/mol. The molecule has 2 atom stereocenters. The van der Waals surface area contributed by atoms with Gasteiger partial charge in [-0.15, -0.1) is 0 Å².